The van der Waals surface area contributed by atoms with E-state index in [4.69, 9.17) is 16.3 Å². The predicted molar refractivity (Wildman–Crippen MR) is 82.3 cm³/mol. The third-order valence-electron chi connectivity index (χ3n) is 3.72. The summed E-state index contributed by atoms with van der Waals surface area (Å²) in [5, 5.41) is 13.4. The van der Waals surface area contributed by atoms with E-state index in [1.165, 1.54) is 6.20 Å². The Hall–Kier alpha value is -1.89. The molecular formula is C15H15ClN2O4. The second kappa shape index (κ2) is 6.08. The van der Waals surface area contributed by atoms with Gasteiger partial charge in [-0.05, 0) is 24.6 Å². The molecule has 0 aliphatic carbocycles. The number of halogens is 1. The summed E-state index contributed by atoms with van der Waals surface area (Å²) in [5.41, 5.74) is 0.178. The lowest BCUT2D eigenvalue weighted by atomic mass is 10.1. The molecule has 116 valence electrons. The Bertz CT molecular complexity index is 774. The van der Waals surface area contributed by atoms with E-state index in [9.17, 15) is 14.7 Å². The topological polar surface area (TPSA) is 91.4 Å². The molecule has 3 N–H and O–H groups in total. The van der Waals surface area contributed by atoms with E-state index in [2.05, 4.69) is 10.3 Å². The summed E-state index contributed by atoms with van der Waals surface area (Å²) in [5.74, 6) is -0.535. The van der Waals surface area contributed by atoms with E-state index in [1.54, 1.807) is 18.2 Å². The fourth-order valence-corrected chi connectivity index (χ4v) is 2.65. The van der Waals surface area contributed by atoms with E-state index >= 15 is 0 Å². The van der Waals surface area contributed by atoms with Gasteiger partial charge in [-0.3, -0.25) is 9.59 Å². The molecule has 2 aromatic rings. The second-order valence-corrected chi connectivity index (χ2v) is 5.67. The van der Waals surface area contributed by atoms with Gasteiger partial charge in [0.05, 0.1) is 24.3 Å². The van der Waals surface area contributed by atoms with Crippen LogP contribution in [-0.2, 0) is 4.74 Å². The lowest BCUT2D eigenvalue weighted by Crippen LogP contribution is -2.50. The third-order valence-corrected chi connectivity index (χ3v) is 3.96. The molecule has 1 amide bonds. The largest absolute Gasteiger partial charge is 0.391 e. The molecule has 7 heteroatoms. The quantitative estimate of drug-likeness (QED) is 0.771. The van der Waals surface area contributed by atoms with Crippen molar-refractivity contribution < 1.29 is 14.6 Å². The predicted octanol–water partition coefficient (Wildman–Crippen LogP) is 1.06. The number of aromatic amines is 1. The van der Waals surface area contributed by atoms with Gasteiger partial charge in [-0.1, -0.05) is 11.6 Å². The highest BCUT2D eigenvalue weighted by molar-refractivity contribution is 6.31. The lowest BCUT2D eigenvalue weighted by molar-refractivity contribution is -0.0140. The van der Waals surface area contributed by atoms with Crippen LogP contribution in [0.5, 0.6) is 0 Å². The summed E-state index contributed by atoms with van der Waals surface area (Å²) in [4.78, 5) is 27.5. The molecule has 22 heavy (non-hydrogen) atoms. The number of pyridine rings is 1. The van der Waals surface area contributed by atoms with E-state index < -0.39 is 18.1 Å². The average Bonchev–Trinajstić information content (AvgIpc) is 2.49. The van der Waals surface area contributed by atoms with Crippen LogP contribution in [0.4, 0.5) is 0 Å². The molecule has 1 aliphatic rings. The van der Waals surface area contributed by atoms with Gasteiger partial charge in [0.15, 0.2) is 0 Å². The number of aliphatic hydroxyl groups is 1. The van der Waals surface area contributed by atoms with Gasteiger partial charge in [-0.25, -0.2) is 0 Å². The van der Waals surface area contributed by atoms with Crippen LogP contribution in [0.2, 0.25) is 5.02 Å². The van der Waals surface area contributed by atoms with Gasteiger partial charge in [0, 0.05) is 23.2 Å². The number of rotatable bonds is 2. The highest BCUT2D eigenvalue weighted by Gasteiger charge is 2.26. The summed E-state index contributed by atoms with van der Waals surface area (Å²) >= 11 is 5.88. The molecule has 2 atom stereocenters. The standard InChI is InChI=1S/C15H15ClN2O4/c16-8-1-2-9-11(5-8)17-6-10(14(9)20)15(21)18-12-7-22-4-3-13(12)19/h1-2,5-6,12-13,19H,3-4,7H2,(H,17,20)(H,18,21)/t12-,13-/m1/s1. The van der Waals surface area contributed by atoms with Gasteiger partial charge in [0.1, 0.15) is 5.56 Å². The summed E-state index contributed by atoms with van der Waals surface area (Å²) in [6.45, 7) is 0.693. The van der Waals surface area contributed by atoms with Crippen LogP contribution in [0, 0.1) is 0 Å². The third kappa shape index (κ3) is 2.85. The molecule has 0 radical (unpaired) electrons. The van der Waals surface area contributed by atoms with Crippen molar-refractivity contribution in [1.82, 2.24) is 10.3 Å². The number of aromatic nitrogens is 1. The number of carbonyl (C=O) groups is 1. The zero-order valence-electron chi connectivity index (χ0n) is 11.6. The number of nitrogens with one attached hydrogen (secondary N) is 2. The number of fused-ring (bicyclic) bond motifs is 1. The lowest BCUT2D eigenvalue weighted by Gasteiger charge is -2.28. The zero-order chi connectivity index (χ0) is 15.7. The van der Waals surface area contributed by atoms with Crippen LogP contribution >= 0.6 is 11.6 Å². The van der Waals surface area contributed by atoms with Crippen LogP contribution < -0.4 is 10.7 Å². The van der Waals surface area contributed by atoms with Gasteiger partial charge >= 0.3 is 0 Å². The Morgan fingerprint density at radius 2 is 2.27 bits per heavy atom. The molecule has 1 saturated heterocycles. The van der Waals surface area contributed by atoms with Crippen molar-refractivity contribution in [2.75, 3.05) is 13.2 Å². The number of carbonyl (C=O) groups excluding carboxylic acids is 1. The van der Waals surface area contributed by atoms with Crippen LogP contribution in [0.15, 0.2) is 29.2 Å². The first-order chi connectivity index (χ1) is 10.6. The highest BCUT2D eigenvalue weighted by Crippen LogP contribution is 2.15. The Labute approximate surface area is 131 Å². The first-order valence-corrected chi connectivity index (χ1v) is 7.31. The average molecular weight is 323 g/mol. The fourth-order valence-electron chi connectivity index (χ4n) is 2.47. The van der Waals surface area contributed by atoms with Crippen molar-refractivity contribution >= 4 is 28.4 Å². The number of hydrogen-bond acceptors (Lipinski definition) is 4. The maximum atomic E-state index is 12.4. The van der Waals surface area contributed by atoms with Crippen molar-refractivity contribution in [3.63, 3.8) is 0 Å². The van der Waals surface area contributed by atoms with Crippen molar-refractivity contribution in [1.29, 1.82) is 0 Å². The van der Waals surface area contributed by atoms with Crippen molar-refractivity contribution in [3.05, 3.63) is 45.2 Å². The zero-order valence-corrected chi connectivity index (χ0v) is 12.4. The Kier molecular flexibility index (Phi) is 4.15. The highest BCUT2D eigenvalue weighted by atomic mass is 35.5. The molecule has 3 rings (SSSR count). The smallest absolute Gasteiger partial charge is 0.257 e. The fraction of sp³-hybridized carbons (Fsp3) is 0.333. The number of H-pyrrole nitrogens is 1. The molecule has 1 fully saturated rings. The molecule has 2 heterocycles. The molecule has 0 spiro atoms. The number of aliphatic hydroxyl groups excluding tert-OH is 1. The minimum Gasteiger partial charge on any atom is -0.391 e. The second-order valence-electron chi connectivity index (χ2n) is 5.23. The molecule has 0 unspecified atom stereocenters. The molecule has 0 bridgehead atoms. The van der Waals surface area contributed by atoms with Crippen molar-refractivity contribution in [2.45, 2.75) is 18.6 Å². The minimum atomic E-state index is -0.670. The number of hydrogen-bond donors (Lipinski definition) is 3. The van der Waals surface area contributed by atoms with Crippen LogP contribution in [0.1, 0.15) is 16.8 Å². The minimum absolute atomic E-state index is 0.00686. The molecule has 0 saturated carbocycles. The maximum absolute atomic E-state index is 12.4. The van der Waals surface area contributed by atoms with Gasteiger partial charge in [-0.2, -0.15) is 0 Å². The van der Waals surface area contributed by atoms with Gasteiger partial charge in [-0.15, -0.1) is 0 Å². The summed E-state index contributed by atoms with van der Waals surface area (Å²) in [6.07, 6.45) is 1.14. The van der Waals surface area contributed by atoms with Crippen molar-refractivity contribution in [3.8, 4) is 0 Å². The molecule has 1 aromatic heterocycles. The van der Waals surface area contributed by atoms with Crippen LogP contribution in [0.3, 0.4) is 0 Å². The number of amides is 1. The Balaban J connectivity index is 1.89. The SMILES string of the molecule is O=C(N[C@@H]1COCC[C@H]1O)c1c[nH]c2cc(Cl)ccc2c1=O. The molecule has 6 nitrogen and oxygen atoms in total. The van der Waals surface area contributed by atoms with Gasteiger partial charge < -0.3 is 20.1 Å². The van der Waals surface area contributed by atoms with E-state index in [0.717, 1.165) is 0 Å². The normalized spacial score (nSPS) is 21.7. The molecule has 1 aromatic carbocycles. The van der Waals surface area contributed by atoms with Crippen molar-refractivity contribution in [2.24, 2.45) is 0 Å². The van der Waals surface area contributed by atoms with E-state index in [-0.39, 0.29) is 17.6 Å². The Morgan fingerprint density at radius 1 is 1.45 bits per heavy atom. The first-order valence-electron chi connectivity index (χ1n) is 6.94. The van der Waals surface area contributed by atoms with Gasteiger partial charge in [0.25, 0.3) is 5.91 Å². The maximum Gasteiger partial charge on any atom is 0.257 e. The number of benzene rings is 1. The summed E-state index contributed by atoms with van der Waals surface area (Å²) < 4.78 is 5.23. The van der Waals surface area contributed by atoms with Gasteiger partial charge in [0.2, 0.25) is 5.43 Å². The van der Waals surface area contributed by atoms with Crippen LogP contribution in [0.25, 0.3) is 10.9 Å². The summed E-state index contributed by atoms with van der Waals surface area (Å²) in [7, 11) is 0. The first kappa shape index (κ1) is 15.0. The van der Waals surface area contributed by atoms with Crippen LogP contribution in [-0.4, -0.2) is 41.4 Å². The summed E-state index contributed by atoms with van der Waals surface area (Å²) in [6, 6.07) is 4.28. The Morgan fingerprint density at radius 3 is 3.05 bits per heavy atom. The van der Waals surface area contributed by atoms with E-state index in [1.807, 2.05) is 0 Å². The molecule has 1 aliphatic heterocycles. The van der Waals surface area contributed by atoms with E-state index in [0.29, 0.717) is 29.0 Å². The number of ether oxygens (including phenoxy) is 1. The monoisotopic (exact) mass is 322 g/mol. The molecular weight excluding hydrogens is 308 g/mol.